The molecule has 0 radical (unpaired) electrons. The minimum atomic E-state index is -0.682. The Morgan fingerprint density at radius 1 is 0.906 bits per heavy atom. The van der Waals surface area contributed by atoms with Gasteiger partial charge < -0.3 is 21.7 Å². The molecule has 3 amide bonds. The van der Waals surface area contributed by atoms with E-state index in [1.807, 2.05) is 61.5 Å². The molecule has 0 aromatic heterocycles. The fraction of sp³-hybridized carbons (Fsp3) is 0.231. The molecule has 0 heterocycles. The topological polar surface area (TPSA) is 96.2 Å². The number of anilines is 2. The van der Waals surface area contributed by atoms with Gasteiger partial charge in [-0.3, -0.25) is 4.79 Å². The second kappa shape index (κ2) is 9.66. The van der Waals surface area contributed by atoms with Crippen molar-refractivity contribution in [1.82, 2.24) is 5.32 Å². The minimum Gasteiger partial charge on any atom is -0.330 e. The Labute approximate surface area is 188 Å². The molecule has 0 saturated carbocycles. The number of carbonyl (C=O) groups excluding carboxylic acids is 2. The Kier molecular flexibility index (Phi) is 6.52. The first kappa shape index (κ1) is 21.6. The normalized spacial score (nSPS) is 12.4. The number of nitrogens with two attached hydrogens (primary N) is 1. The number of urea groups is 1. The van der Waals surface area contributed by atoms with E-state index in [0.29, 0.717) is 30.8 Å². The first-order chi connectivity index (χ1) is 15.5. The summed E-state index contributed by atoms with van der Waals surface area (Å²) in [7, 11) is 0. The summed E-state index contributed by atoms with van der Waals surface area (Å²) >= 11 is 0. The zero-order valence-electron chi connectivity index (χ0n) is 18.2. The second-order valence-corrected chi connectivity index (χ2v) is 8.14. The van der Waals surface area contributed by atoms with Crippen LogP contribution in [0.15, 0.2) is 66.7 Å². The Balaban J connectivity index is 1.40. The van der Waals surface area contributed by atoms with Crippen molar-refractivity contribution in [2.75, 3.05) is 17.2 Å². The summed E-state index contributed by atoms with van der Waals surface area (Å²) in [5, 5.41) is 8.54. The van der Waals surface area contributed by atoms with E-state index in [1.165, 1.54) is 22.3 Å². The third kappa shape index (κ3) is 4.98. The highest BCUT2D eigenvalue weighted by Crippen LogP contribution is 2.37. The van der Waals surface area contributed by atoms with Crippen LogP contribution in [0, 0.1) is 6.92 Å². The van der Waals surface area contributed by atoms with Crippen molar-refractivity contribution in [1.29, 1.82) is 0 Å². The molecule has 1 aliphatic carbocycles. The maximum Gasteiger partial charge on any atom is 0.319 e. The summed E-state index contributed by atoms with van der Waals surface area (Å²) in [5.74, 6) is -0.262. The van der Waals surface area contributed by atoms with Crippen LogP contribution in [0.3, 0.4) is 0 Å². The van der Waals surface area contributed by atoms with Crippen LogP contribution >= 0.6 is 0 Å². The number of hydrogen-bond acceptors (Lipinski definition) is 3. The van der Waals surface area contributed by atoms with Crippen molar-refractivity contribution in [2.24, 2.45) is 5.73 Å². The van der Waals surface area contributed by atoms with Gasteiger partial charge in [-0.25, -0.2) is 4.79 Å². The average molecular weight is 429 g/mol. The lowest BCUT2D eigenvalue weighted by atomic mass is 10.1. The Morgan fingerprint density at radius 2 is 1.62 bits per heavy atom. The summed E-state index contributed by atoms with van der Waals surface area (Å²) in [6.07, 6.45) is 1.94. The van der Waals surface area contributed by atoms with E-state index >= 15 is 0 Å². The van der Waals surface area contributed by atoms with E-state index in [-0.39, 0.29) is 5.91 Å². The van der Waals surface area contributed by atoms with E-state index in [0.717, 1.165) is 12.0 Å². The van der Waals surface area contributed by atoms with Gasteiger partial charge in [0, 0.05) is 11.4 Å². The summed E-state index contributed by atoms with van der Waals surface area (Å²) < 4.78 is 0. The van der Waals surface area contributed by atoms with Crippen molar-refractivity contribution in [3.8, 4) is 11.1 Å². The zero-order valence-corrected chi connectivity index (χ0v) is 18.2. The van der Waals surface area contributed by atoms with Crippen molar-refractivity contribution >= 4 is 23.3 Å². The van der Waals surface area contributed by atoms with E-state index in [9.17, 15) is 9.59 Å². The molecule has 0 bridgehead atoms. The van der Waals surface area contributed by atoms with Crippen LogP contribution in [0.4, 0.5) is 16.2 Å². The van der Waals surface area contributed by atoms with Gasteiger partial charge in [0.2, 0.25) is 5.91 Å². The summed E-state index contributed by atoms with van der Waals surface area (Å²) in [4.78, 5) is 25.4. The van der Waals surface area contributed by atoms with Crippen LogP contribution in [-0.2, 0) is 11.2 Å². The monoisotopic (exact) mass is 428 g/mol. The molecule has 6 nitrogen and oxygen atoms in total. The highest BCUT2D eigenvalue weighted by molar-refractivity contribution is 5.99. The Hall–Kier alpha value is -3.64. The molecule has 0 aliphatic heterocycles. The van der Waals surface area contributed by atoms with Gasteiger partial charge in [0.05, 0.1) is 0 Å². The predicted octanol–water partition coefficient (Wildman–Crippen LogP) is 4.43. The lowest BCUT2D eigenvalue weighted by molar-refractivity contribution is -0.118. The smallest absolute Gasteiger partial charge is 0.319 e. The lowest BCUT2D eigenvalue weighted by Crippen LogP contribution is -2.45. The largest absolute Gasteiger partial charge is 0.330 e. The van der Waals surface area contributed by atoms with Crippen LogP contribution in [0.25, 0.3) is 11.1 Å². The molecule has 1 aliphatic rings. The van der Waals surface area contributed by atoms with Gasteiger partial charge in [-0.15, -0.1) is 0 Å². The van der Waals surface area contributed by atoms with E-state index in [2.05, 4.69) is 28.1 Å². The van der Waals surface area contributed by atoms with Crippen molar-refractivity contribution in [2.45, 2.75) is 32.2 Å². The van der Waals surface area contributed by atoms with E-state index in [1.54, 1.807) is 0 Å². The summed E-state index contributed by atoms with van der Waals surface area (Å²) in [6, 6.07) is 20.7. The maximum absolute atomic E-state index is 12.8. The molecular formula is C26H28N4O2. The van der Waals surface area contributed by atoms with Crippen LogP contribution in [0.2, 0.25) is 0 Å². The quantitative estimate of drug-likeness (QED) is 0.350. The number of aryl methyl sites for hydroxylation is 1. The Bertz CT molecular complexity index is 1120. The highest BCUT2D eigenvalue weighted by Gasteiger charge is 2.22. The third-order valence-corrected chi connectivity index (χ3v) is 5.69. The summed E-state index contributed by atoms with van der Waals surface area (Å²) in [5.41, 5.74) is 13.0. The number of amides is 3. The van der Waals surface area contributed by atoms with Gasteiger partial charge in [-0.1, -0.05) is 48.0 Å². The third-order valence-electron chi connectivity index (χ3n) is 5.69. The van der Waals surface area contributed by atoms with Gasteiger partial charge in [0.1, 0.15) is 6.04 Å². The molecule has 0 saturated heterocycles. The predicted molar refractivity (Wildman–Crippen MR) is 129 cm³/mol. The fourth-order valence-corrected chi connectivity index (χ4v) is 4.01. The molecule has 0 spiro atoms. The van der Waals surface area contributed by atoms with Crippen LogP contribution in [0.1, 0.15) is 29.5 Å². The summed E-state index contributed by atoms with van der Waals surface area (Å²) in [6.45, 7) is 2.43. The van der Waals surface area contributed by atoms with Gasteiger partial charge >= 0.3 is 6.03 Å². The lowest BCUT2D eigenvalue weighted by Gasteiger charge is -2.19. The highest BCUT2D eigenvalue weighted by atomic mass is 16.2. The molecule has 4 rings (SSSR count). The number of hydrogen-bond donors (Lipinski definition) is 4. The molecule has 3 aromatic rings. The number of fused-ring (bicyclic) bond motifs is 3. The first-order valence-corrected chi connectivity index (χ1v) is 10.9. The second-order valence-electron chi connectivity index (χ2n) is 8.14. The van der Waals surface area contributed by atoms with Crippen molar-refractivity contribution in [3.05, 3.63) is 83.4 Å². The van der Waals surface area contributed by atoms with Crippen LogP contribution in [0.5, 0.6) is 0 Å². The van der Waals surface area contributed by atoms with Gasteiger partial charge in [0.15, 0.2) is 0 Å². The SMILES string of the molecule is Cc1ccc(NC(=O)[C@H](CCCN)NC(=O)Nc2ccc3c(c2)Cc2ccccc2-3)cc1. The first-order valence-electron chi connectivity index (χ1n) is 10.9. The van der Waals surface area contributed by atoms with E-state index < -0.39 is 12.1 Å². The molecule has 5 N–H and O–H groups in total. The molecule has 32 heavy (non-hydrogen) atoms. The van der Waals surface area contributed by atoms with Crippen molar-refractivity contribution < 1.29 is 9.59 Å². The molecule has 0 unspecified atom stereocenters. The number of carbonyl (C=O) groups is 2. The van der Waals surface area contributed by atoms with Crippen LogP contribution in [-0.4, -0.2) is 24.5 Å². The van der Waals surface area contributed by atoms with Gasteiger partial charge in [-0.2, -0.15) is 0 Å². The Morgan fingerprint density at radius 3 is 2.41 bits per heavy atom. The standard InChI is InChI=1S/C26H28N4O2/c1-17-8-10-20(11-9-17)28-25(31)24(7-4-14-27)30-26(32)29-21-12-13-23-19(16-21)15-18-5-2-3-6-22(18)23/h2-3,5-6,8-13,16,24H,4,7,14-15,27H2,1H3,(H,28,31)(H2,29,30,32)/t24-/m0/s1. The van der Waals surface area contributed by atoms with Gasteiger partial charge in [0.25, 0.3) is 0 Å². The minimum absolute atomic E-state index is 0.262. The number of rotatable bonds is 7. The van der Waals surface area contributed by atoms with E-state index in [4.69, 9.17) is 5.73 Å². The average Bonchev–Trinajstić information content (AvgIpc) is 3.15. The molecule has 6 heteroatoms. The van der Waals surface area contributed by atoms with Gasteiger partial charge in [-0.05, 0) is 79.3 Å². The number of benzene rings is 3. The number of nitrogens with one attached hydrogen (secondary N) is 3. The van der Waals surface area contributed by atoms with Crippen LogP contribution < -0.4 is 21.7 Å². The molecule has 1 atom stereocenters. The maximum atomic E-state index is 12.8. The zero-order chi connectivity index (χ0) is 22.5. The molecular weight excluding hydrogens is 400 g/mol. The van der Waals surface area contributed by atoms with Crippen molar-refractivity contribution in [3.63, 3.8) is 0 Å². The molecule has 164 valence electrons. The molecule has 0 fully saturated rings. The molecule has 3 aromatic carbocycles. The fourth-order valence-electron chi connectivity index (χ4n) is 4.01.